The molecule has 1 heteroatoms. The van der Waals surface area contributed by atoms with Crippen LogP contribution in [0.3, 0.4) is 0 Å². The molecule has 3 aromatic carbocycles. The van der Waals surface area contributed by atoms with Crippen molar-refractivity contribution in [2.45, 2.75) is 13.8 Å². The van der Waals surface area contributed by atoms with Crippen molar-refractivity contribution in [1.82, 2.24) is 0 Å². The molecule has 0 saturated carbocycles. The molecule has 0 saturated heterocycles. The summed E-state index contributed by atoms with van der Waals surface area (Å²) in [5.41, 5.74) is 8.70. The quantitative estimate of drug-likeness (QED) is 0.347. The molecule has 3 rings (SSSR count). The van der Waals surface area contributed by atoms with Crippen molar-refractivity contribution in [3.8, 4) is 22.3 Å². The molecule has 0 aromatic heterocycles. The summed E-state index contributed by atoms with van der Waals surface area (Å²) in [6.45, 7) is 4.28. The summed E-state index contributed by atoms with van der Waals surface area (Å²) in [5.74, 6) is 0. The lowest BCUT2D eigenvalue weighted by atomic mass is 9.91. The van der Waals surface area contributed by atoms with Crippen molar-refractivity contribution in [2.75, 3.05) is 7.05 Å². The van der Waals surface area contributed by atoms with E-state index in [1.165, 1.54) is 39.0 Å². The molecule has 0 aliphatic carbocycles. The van der Waals surface area contributed by atoms with Gasteiger partial charge in [0.15, 0.2) is 0 Å². The van der Waals surface area contributed by atoms with Crippen LogP contribution in [0.25, 0.3) is 27.8 Å². The number of benzene rings is 3. The highest BCUT2D eigenvalue weighted by Gasteiger charge is 2.09. The second-order valence-corrected chi connectivity index (χ2v) is 6.63. The fraction of sp³-hybridized carbons (Fsp3) is 0.115. The molecule has 27 heavy (non-hydrogen) atoms. The predicted octanol–water partition coefficient (Wildman–Crippen LogP) is 6.99. The molecular weight excluding hydrogens is 326 g/mol. The number of allylic oxidation sites excluding steroid dienone is 4. The van der Waals surface area contributed by atoms with Gasteiger partial charge in [0.25, 0.3) is 0 Å². The number of aliphatic imine (C=N–C) groups is 1. The van der Waals surface area contributed by atoms with Gasteiger partial charge in [0, 0.05) is 13.3 Å². The van der Waals surface area contributed by atoms with E-state index in [0.717, 1.165) is 0 Å². The Kier molecular flexibility index (Phi) is 6.17. The van der Waals surface area contributed by atoms with Crippen LogP contribution in [0.1, 0.15) is 18.1 Å². The molecule has 0 atom stereocenters. The monoisotopic (exact) mass is 351 g/mol. The minimum absolute atomic E-state index is 1.23. The molecule has 134 valence electrons. The molecular formula is C26H25N. The summed E-state index contributed by atoms with van der Waals surface area (Å²) >= 11 is 0. The molecule has 0 aliphatic rings. The van der Waals surface area contributed by atoms with Crippen LogP contribution in [-0.2, 0) is 0 Å². The van der Waals surface area contributed by atoms with Gasteiger partial charge in [0.1, 0.15) is 0 Å². The Morgan fingerprint density at radius 3 is 2.19 bits per heavy atom. The number of hydrogen-bond donors (Lipinski definition) is 0. The van der Waals surface area contributed by atoms with Gasteiger partial charge in [-0.2, -0.15) is 0 Å². The highest BCUT2D eigenvalue weighted by Crippen LogP contribution is 2.33. The minimum Gasteiger partial charge on any atom is -0.297 e. The summed E-state index contributed by atoms with van der Waals surface area (Å²) in [7, 11) is 1.78. The largest absolute Gasteiger partial charge is 0.297 e. The third kappa shape index (κ3) is 4.71. The lowest BCUT2D eigenvalue weighted by Gasteiger charge is -2.13. The van der Waals surface area contributed by atoms with Gasteiger partial charge in [-0.15, -0.1) is 0 Å². The first-order chi connectivity index (χ1) is 13.2. The van der Waals surface area contributed by atoms with Crippen LogP contribution in [-0.4, -0.2) is 13.3 Å². The molecule has 0 N–H and O–H groups in total. The zero-order valence-corrected chi connectivity index (χ0v) is 16.2. The highest BCUT2D eigenvalue weighted by molar-refractivity contribution is 5.85. The normalized spacial score (nSPS) is 12.2. The zero-order valence-electron chi connectivity index (χ0n) is 16.2. The minimum atomic E-state index is 1.23. The lowest BCUT2D eigenvalue weighted by molar-refractivity contribution is 1.46. The SMILES string of the molecule is C\N=C/C=C\C=C(/C)c1cc(-c2ccc(C)cc2)ccc1-c1ccccc1. The van der Waals surface area contributed by atoms with Crippen LogP contribution in [0.15, 0.2) is 96.0 Å². The molecule has 0 radical (unpaired) electrons. The van der Waals surface area contributed by atoms with Gasteiger partial charge in [-0.1, -0.05) is 84.4 Å². The van der Waals surface area contributed by atoms with Crippen molar-refractivity contribution >= 4 is 11.8 Å². The Morgan fingerprint density at radius 1 is 0.778 bits per heavy atom. The number of aryl methyl sites for hydroxylation is 1. The van der Waals surface area contributed by atoms with Gasteiger partial charge in [-0.25, -0.2) is 0 Å². The van der Waals surface area contributed by atoms with Gasteiger partial charge < -0.3 is 0 Å². The van der Waals surface area contributed by atoms with E-state index < -0.39 is 0 Å². The van der Waals surface area contributed by atoms with Crippen LogP contribution in [0.4, 0.5) is 0 Å². The fourth-order valence-corrected chi connectivity index (χ4v) is 3.09. The molecule has 0 unspecified atom stereocenters. The molecule has 0 aliphatic heterocycles. The van der Waals surface area contributed by atoms with Gasteiger partial charge in [-0.3, -0.25) is 4.99 Å². The van der Waals surface area contributed by atoms with Gasteiger partial charge in [0.05, 0.1) is 0 Å². The van der Waals surface area contributed by atoms with Crippen LogP contribution >= 0.6 is 0 Å². The van der Waals surface area contributed by atoms with E-state index in [2.05, 4.69) is 97.7 Å². The van der Waals surface area contributed by atoms with E-state index >= 15 is 0 Å². The smallest absolute Gasteiger partial charge is 0.0277 e. The lowest BCUT2D eigenvalue weighted by Crippen LogP contribution is -1.90. The predicted molar refractivity (Wildman–Crippen MR) is 119 cm³/mol. The zero-order chi connectivity index (χ0) is 19.1. The first-order valence-corrected chi connectivity index (χ1v) is 9.21. The van der Waals surface area contributed by atoms with E-state index in [-0.39, 0.29) is 0 Å². The Morgan fingerprint density at radius 2 is 1.48 bits per heavy atom. The second-order valence-electron chi connectivity index (χ2n) is 6.63. The van der Waals surface area contributed by atoms with Crippen molar-refractivity contribution in [3.05, 3.63) is 102 Å². The average Bonchev–Trinajstić information content (AvgIpc) is 2.72. The van der Waals surface area contributed by atoms with E-state index in [1.54, 1.807) is 13.3 Å². The van der Waals surface area contributed by atoms with E-state index in [1.807, 2.05) is 12.2 Å². The van der Waals surface area contributed by atoms with Gasteiger partial charge in [-0.05, 0) is 59.4 Å². The van der Waals surface area contributed by atoms with Gasteiger partial charge >= 0.3 is 0 Å². The van der Waals surface area contributed by atoms with Crippen LogP contribution in [0.5, 0.6) is 0 Å². The first kappa shape index (κ1) is 18.6. The van der Waals surface area contributed by atoms with Gasteiger partial charge in [0.2, 0.25) is 0 Å². The Balaban J connectivity index is 2.10. The summed E-state index contributed by atoms with van der Waals surface area (Å²) in [6.07, 6.45) is 7.93. The highest BCUT2D eigenvalue weighted by atomic mass is 14.6. The third-order valence-corrected chi connectivity index (χ3v) is 4.61. The number of hydrogen-bond acceptors (Lipinski definition) is 1. The van der Waals surface area contributed by atoms with Crippen LogP contribution in [0, 0.1) is 6.92 Å². The van der Waals surface area contributed by atoms with Crippen molar-refractivity contribution < 1.29 is 0 Å². The first-order valence-electron chi connectivity index (χ1n) is 9.21. The summed E-state index contributed by atoms with van der Waals surface area (Å²) in [5, 5.41) is 0. The molecule has 0 bridgehead atoms. The third-order valence-electron chi connectivity index (χ3n) is 4.61. The van der Waals surface area contributed by atoms with Crippen LogP contribution in [0.2, 0.25) is 0 Å². The Labute approximate surface area is 162 Å². The average molecular weight is 351 g/mol. The van der Waals surface area contributed by atoms with E-state index in [0.29, 0.717) is 0 Å². The summed E-state index contributed by atoms with van der Waals surface area (Å²) in [6, 6.07) is 26.0. The topological polar surface area (TPSA) is 12.4 Å². The maximum absolute atomic E-state index is 3.99. The maximum Gasteiger partial charge on any atom is 0.0277 e. The van der Waals surface area contributed by atoms with Crippen molar-refractivity contribution in [2.24, 2.45) is 4.99 Å². The van der Waals surface area contributed by atoms with Crippen LogP contribution < -0.4 is 0 Å². The van der Waals surface area contributed by atoms with E-state index in [4.69, 9.17) is 0 Å². The molecule has 0 heterocycles. The fourth-order valence-electron chi connectivity index (χ4n) is 3.09. The van der Waals surface area contributed by atoms with E-state index in [9.17, 15) is 0 Å². The number of nitrogens with zero attached hydrogens (tertiary/aromatic N) is 1. The molecule has 0 fully saturated rings. The Hall–Kier alpha value is -3.19. The number of rotatable bonds is 5. The molecule has 0 amide bonds. The molecule has 3 aromatic rings. The summed E-state index contributed by atoms with van der Waals surface area (Å²) < 4.78 is 0. The van der Waals surface area contributed by atoms with Crippen molar-refractivity contribution in [3.63, 3.8) is 0 Å². The Bertz CT molecular complexity index is 974. The summed E-state index contributed by atoms with van der Waals surface area (Å²) in [4.78, 5) is 3.99. The van der Waals surface area contributed by atoms with Crippen molar-refractivity contribution in [1.29, 1.82) is 0 Å². The second kappa shape index (κ2) is 8.95. The standard InChI is InChI=1S/C26H25N/c1-20-12-14-22(15-13-20)24-16-17-25(23-10-5-4-6-11-23)26(19-24)21(2)9-7-8-18-27-3/h4-19H,1-3H3/b8-7-,21-9+,27-18-. The molecule has 0 spiro atoms. The maximum atomic E-state index is 3.99. The molecule has 1 nitrogen and oxygen atoms in total.